The van der Waals surface area contributed by atoms with E-state index in [4.69, 9.17) is 27.9 Å². The lowest BCUT2D eigenvalue weighted by molar-refractivity contribution is -0.132. The van der Waals surface area contributed by atoms with Gasteiger partial charge in [0.2, 0.25) is 0 Å². The van der Waals surface area contributed by atoms with E-state index in [0.29, 0.717) is 33.7 Å². The second-order valence-electron chi connectivity index (χ2n) is 7.91. The van der Waals surface area contributed by atoms with Crippen LogP contribution in [0.1, 0.15) is 24.1 Å². The maximum Gasteiger partial charge on any atom is 0.301 e. The largest absolute Gasteiger partial charge is 0.507 e. The molecule has 1 saturated heterocycles. The van der Waals surface area contributed by atoms with Crippen molar-refractivity contribution >= 4 is 67.3 Å². The van der Waals surface area contributed by atoms with Crippen molar-refractivity contribution in [2.24, 2.45) is 0 Å². The molecule has 0 bridgehead atoms. The number of ether oxygens (including phenoxy) is 1. The monoisotopic (exact) mass is 542 g/mol. The number of carbonyl (C=O) groups excluding carboxylic acids is 2. The minimum absolute atomic E-state index is 0.141. The van der Waals surface area contributed by atoms with E-state index in [9.17, 15) is 19.1 Å². The summed E-state index contributed by atoms with van der Waals surface area (Å²) in [6.07, 6.45) is 0. The van der Waals surface area contributed by atoms with Gasteiger partial charge in [-0.15, -0.1) is 0 Å². The number of halogens is 3. The van der Waals surface area contributed by atoms with Crippen LogP contribution in [-0.2, 0) is 9.59 Å². The molecule has 0 aliphatic carbocycles. The average molecular weight is 543 g/mol. The summed E-state index contributed by atoms with van der Waals surface area (Å²) in [4.78, 5) is 32.3. The van der Waals surface area contributed by atoms with Crippen molar-refractivity contribution in [3.05, 3.63) is 93.2 Å². The maximum atomic E-state index is 13.8. The summed E-state index contributed by atoms with van der Waals surface area (Å²) in [5.74, 6) is -2.10. The number of nitrogens with zero attached hydrogens (tertiary/aromatic N) is 2. The van der Waals surface area contributed by atoms with Crippen LogP contribution in [0.5, 0.6) is 5.75 Å². The van der Waals surface area contributed by atoms with Gasteiger partial charge in [-0.1, -0.05) is 52.7 Å². The molecule has 1 amide bonds. The Labute approximate surface area is 219 Å². The number of aromatic nitrogens is 1. The molecule has 1 unspecified atom stereocenters. The Bertz CT molecular complexity index is 1570. The number of ketones is 1. The van der Waals surface area contributed by atoms with Crippen LogP contribution in [0.2, 0.25) is 10.0 Å². The van der Waals surface area contributed by atoms with Gasteiger partial charge in [-0.3, -0.25) is 14.5 Å². The predicted octanol–water partition coefficient (Wildman–Crippen LogP) is 6.77. The Morgan fingerprint density at radius 3 is 2.67 bits per heavy atom. The molecular formula is C26H17Cl2FN2O4S. The number of thiazole rings is 1. The highest BCUT2D eigenvalue weighted by molar-refractivity contribution is 7.22. The van der Waals surface area contributed by atoms with E-state index in [-0.39, 0.29) is 26.5 Å². The fourth-order valence-electron chi connectivity index (χ4n) is 4.07. The van der Waals surface area contributed by atoms with Gasteiger partial charge in [-0.2, -0.15) is 0 Å². The molecule has 1 fully saturated rings. The highest BCUT2D eigenvalue weighted by atomic mass is 35.5. The van der Waals surface area contributed by atoms with Crippen LogP contribution in [0.25, 0.3) is 16.0 Å². The standard InChI is InChI=1S/C26H17Cl2FN2O4S/c1-2-35-16-5-3-4-14(10-16)23(32)21-22(13-6-8-17(27)18(28)11-13)31(25(34)24(21)33)26-30-19-9-7-15(29)12-20(19)36-26/h3-12,22,32H,2H2,1H3/b23-21+. The van der Waals surface area contributed by atoms with E-state index in [1.54, 1.807) is 36.4 Å². The fourth-order valence-corrected chi connectivity index (χ4v) is 5.40. The Balaban J connectivity index is 1.73. The molecule has 182 valence electrons. The zero-order valence-electron chi connectivity index (χ0n) is 18.7. The molecule has 1 aromatic heterocycles. The summed E-state index contributed by atoms with van der Waals surface area (Å²) in [6.45, 7) is 2.24. The van der Waals surface area contributed by atoms with Gasteiger partial charge in [0.15, 0.2) is 5.13 Å². The summed E-state index contributed by atoms with van der Waals surface area (Å²) in [5, 5.41) is 12.0. The SMILES string of the molecule is CCOc1cccc(/C(O)=C2\C(=O)C(=O)N(c3nc4ccc(F)cc4s3)C2c2ccc(Cl)c(Cl)c2)c1. The van der Waals surface area contributed by atoms with Crippen molar-refractivity contribution in [3.8, 4) is 5.75 Å². The van der Waals surface area contributed by atoms with Crippen molar-refractivity contribution in [2.45, 2.75) is 13.0 Å². The molecule has 2 heterocycles. The van der Waals surface area contributed by atoms with Crippen LogP contribution in [0.15, 0.2) is 66.2 Å². The zero-order valence-corrected chi connectivity index (χ0v) is 21.0. The molecule has 0 spiro atoms. The number of fused-ring (bicyclic) bond motifs is 1. The average Bonchev–Trinajstić information content (AvgIpc) is 3.38. The highest BCUT2D eigenvalue weighted by Gasteiger charge is 2.48. The van der Waals surface area contributed by atoms with Crippen molar-refractivity contribution in [3.63, 3.8) is 0 Å². The number of benzene rings is 3. The maximum absolute atomic E-state index is 13.8. The lowest BCUT2D eigenvalue weighted by Crippen LogP contribution is -2.29. The quantitative estimate of drug-likeness (QED) is 0.171. The number of aliphatic hydroxyl groups is 1. The lowest BCUT2D eigenvalue weighted by Gasteiger charge is -2.23. The van der Waals surface area contributed by atoms with E-state index >= 15 is 0 Å². The second-order valence-corrected chi connectivity index (χ2v) is 9.74. The Morgan fingerprint density at radius 2 is 1.92 bits per heavy atom. The molecule has 0 saturated carbocycles. The van der Waals surface area contributed by atoms with Crippen LogP contribution >= 0.6 is 34.5 Å². The summed E-state index contributed by atoms with van der Waals surface area (Å²) >= 11 is 13.4. The molecular weight excluding hydrogens is 526 g/mol. The van der Waals surface area contributed by atoms with Crippen LogP contribution in [0, 0.1) is 5.82 Å². The van der Waals surface area contributed by atoms with Crippen molar-refractivity contribution < 1.29 is 23.8 Å². The van der Waals surface area contributed by atoms with Gasteiger partial charge < -0.3 is 9.84 Å². The highest BCUT2D eigenvalue weighted by Crippen LogP contribution is 2.45. The van der Waals surface area contributed by atoms with Crippen molar-refractivity contribution in [1.29, 1.82) is 0 Å². The smallest absolute Gasteiger partial charge is 0.301 e. The molecule has 1 N–H and O–H groups in total. The third-order valence-electron chi connectivity index (χ3n) is 5.67. The van der Waals surface area contributed by atoms with E-state index in [1.807, 2.05) is 6.92 Å². The first-order chi connectivity index (χ1) is 17.3. The van der Waals surface area contributed by atoms with Gasteiger partial charge in [-0.25, -0.2) is 9.37 Å². The van der Waals surface area contributed by atoms with Crippen molar-refractivity contribution in [2.75, 3.05) is 11.5 Å². The molecule has 4 aromatic rings. The van der Waals surface area contributed by atoms with Gasteiger partial charge in [0.1, 0.15) is 17.3 Å². The summed E-state index contributed by atoms with van der Waals surface area (Å²) in [7, 11) is 0. The normalized spacial score (nSPS) is 17.2. The second kappa shape index (κ2) is 9.54. The van der Waals surface area contributed by atoms with Crippen LogP contribution in [0.3, 0.4) is 0 Å². The molecule has 6 nitrogen and oxygen atoms in total. The Morgan fingerprint density at radius 1 is 1.11 bits per heavy atom. The number of rotatable bonds is 5. The molecule has 36 heavy (non-hydrogen) atoms. The third-order valence-corrected chi connectivity index (χ3v) is 7.42. The number of Topliss-reactive ketones (excluding diaryl/α,β-unsaturated/α-hetero) is 1. The first kappa shape index (κ1) is 24.2. The van der Waals surface area contributed by atoms with E-state index < -0.39 is 23.5 Å². The molecule has 1 aliphatic heterocycles. The lowest BCUT2D eigenvalue weighted by atomic mass is 9.95. The molecule has 10 heteroatoms. The number of hydrogen-bond acceptors (Lipinski definition) is 6. The molecule has 1 aliphatic rings. The Hall–Kier alpha value is -3.46. The third kappa shape index (κ3) is 4.21. The zero-order chi connectivity index (χ0) is 25.6. The number of aliphatic hydroxyl groups excluding tert-OH is 1. The molecule has 3 aromatic carbocycles. The van der Waals surface area contributed by atoms with Crippen LogP contribution < -0.4 is 9.64 Å². The Kier molecular flexibility index (Phi) is 6.42. The molecule has 1 atom stereocenters. The number of anilines is 1. The molecule has 0 radical (unpaired) electrons. The van der Waals surface area contributed by atoms with E-state index in [1.165, 1.54) is 29.2 Å². The van der Waals surface area contributed by atoms with Gasteiger partial charge in [-0.05, 0) is 55.0 Å². The van der Waals surface area contributed by atoms with Crippen LogP contribution in [0.4, 0.5) is 9.52 Å². The fraction of sp³-hybridized carbons (Fsp3) is 0.115. The van der Waals surface area contributed by atoms with Gasteiger partial charge >= 0.3 is 5.91 Å². The van der Waals surface area contributed by atoms with Crippen LogP contribution in [-0.4, -0.2) is 28.4 Å². The van der Waals surface area contributed by atoms with Crippen molar-refractivity contribution in [1.82, 2.24) is 4.98 Å². The number of hydrogen-bond donors (Lipinski definition) is 1. The summed E-state index contributed by atoms with van der Waals surface area (Å²) in [6, 6.07) is 14.3. The predicted molar refractivity (Wildman–Crippen MR) is 138 cm³/mol. The number of amides is 1. The van der Waals surface area contributed by atoms with Gasteiger partial charge in [0, 0.05) is 5.56 Å². The molecule has 5 rings (SSSR count). The first-order valence-electron chi connectivity index (χ1n) is 10.8. The summed E-state index contributed by atoms with van der Waals surface area (Å²) < 4.78 is 19.8. The summed E-state index contributed by atoms with van der Waals surface area (Å²) in [5.41, 5.74) is 1.07. The minimum Gasteiger partial charge on any atom is -0.507 e. The first-order valence-corrected chi connectivity index (χ1v) is 12.4. The topological polar surface area (TPSA) is 79.7 Å². The van der Waals surface area contributed by atoms with E-state index in [2.05, 4.69) is 4.98 Å². The van der Waals surface area contributed by atoms with E-state index in [0.717, 1.165) is 11.3 Å². The van der Waals surface area contributed by atoms with Gasteiger partial charge in [0.25, 0.3) is 5.78 Å². The minimum atomic E-state index is -1.05. The van der Waals surface area contributed by atoms with Gasteiger partial charge in [0.05, 0.1) is 38.5 Å². The number of carbonyl (C=O) groups is 2.